The molecule has 140 valence electrons. The smallest absolute Gasteiger partial charge is 0.242 e. The molecule has 0 saturated carbocycles. The summed E-state index contributed by atoms with van der Waals surface area (Å²) in [4.78, 5) is 30.9. The molecular weight excluding hydrogens is 384 g/mol. The fourth-order valence-electron chi connectivity index (χ4n) is 3.20. The van der Waals surface area contributed by atoms with Crippen molar-refractivity contribution in [1.29, 1.82) is 0 Å². The van der Waals surface area contributed by atoms with Crippen LogP contribution in [0.5, 0.6) is 0 Å². The lowest BCUT2D eigenvalue weighted by molar-refractivity contribution is -0.120. The molecule has 27 heavy (non-hydrogen) atoms. The average Bonchev–Trinajstić information content (AvgIpc) is 3.18. The van der Waals surface area contributed by atoms with Crippen molar-refractivity contribution in [2.75, 3.05) is 36.4 Å². The molecule has 4 rings (SSSR count). The summed E-state index contributed by atoms with van der Waals surface area (Å²) in [5, 5.41) is 6.52. The first-order valence-electron chi connectivity index (χ1n) is 8.71. The van der Waals surface area contributed by atoms with Crippen molar-refractivity contribution >= 4 is 50.7 Å². The molecule has 1 aliphatic rings. The third-order valence-corrected chi connectivity index (χ3v) is 5.80. The van der Waals surface area contributed by atoms with Crippen LogP contribution in [-0.2, 0) is 4.79 Å². The highest BCUT2D eigenvalue weighted by atomic mass is 35.5. The van der Waals surface area contributed by atoms with E-state index in [1.165, 1.54) is 6.20 Å². The number of rotatable bonds is 4. The van der Waals surface area contributed by atoms with E-state index >= 15 is 0 Å². The van der Waals surface area contributed by atoms with E-state index in [9.17, 15) is 4.79 Å². The van der Waals surface area contributed by atoms with Gasteiger partial charge in [-0.3, -0.25) is 9.69 Å². The van der Waals surface area contributed by atoms with Crippen LogP contribution >= 0.6 is 22.9 Å². The Kier molecular flexibility index (Phi) is 5.20. The van der Waals surface area contributed by atoms with Gasteiger partial charge < -0.3 is 10.2 Å². The van der Waals surface area contributed by atoms with Crippen LogP contribution in [0.3, 0.4) is 0 Å². The van der Waals surface area contributed by atoms with Gasteiger partial charge in [-0.05, 0) is 30.5 Å². The van der Waals surface area contributed by atoms with E-state index in [-0.39, 0.29) is 11.9 Å². The highest BCUT2D eigenvalue weighted by Gasteiger charge is 2.27. The lowest BCUT2D eigenvalue weighted by Crippen LogP contribution is -2.53. The predicted octanol–water partition coefficient (Wildman–Crippen LogP) is 2.89. The van der Waals surface area contributed by atoms with Crippen molar-refractivity contribution in [3.63, 3.8) is 0 Å². The van der Waals surface area contributed by atoms with Crippen molar-refractivity contribution in [2.24, 2.45) is 0 Å². The normalized spacial score (nSPS) is 16.4. The van der Waals surface area contributed by atoms with Crippen molar-refractivity contribution in [3.8, 4) is 0 Å². The maximum Gasteiger partial charge on any atom is 0.242 e. The quantitative estimate of drug-likeness (QED) is 0.723. The molecule has 3 aromatic rings. The van der Waals surface area contributed by atoms with Gasteiger partial charge in [0.15, 0.2) is 0 Å². The maximum absolute atomic E-state index is 12.5. The lowest BCUT2D eigenvalue weighted by Gasteiger charge is -2.38. The molecule has 1 fully saturated rings. The Balaban J connectivity index is 1.37. The summed E-state index contributed by atoms with van der Waals surface area (Å²) in [7, 11) is 0. The van der Waals surface area contributed by atoms with E-state index in [0.29, 0.717) is 10.8 Å². The minimum absolute atomic E-state index is 0.0690. The van der Waals surface area contributed by atoms with Crippen LogP contribution in [0.2, 0.25) is 5.02 Å². The maximum atomic E-state index is 12.5. The second kappa shape index (κ2) is 7.75. The molecule has 1 N–H and O–H groups in total. The Morgan fingerprint density at radius 1 is 1.19 bits per heavy atom. The summed E-state index contributed by atoms with van der Waals surface area (Å²) in [5.74, 6) is 1.42. The summed E-state index contributed by atoms with van der Waals surface area (Å²) in [6.45, 7) is 5.14. The highest BCUT2D eigenvalue weighted by molar-refractivity contribution is 7.16. The number of anilines is 2. The number of hydrogen-bond acceptors (Lipinski definition) is 7. The van der Waals surface area contributed by atoms with Crippen molar-refractivity contribution in [1.82, 2.24) is 19.9 Å². The summed E-state index contributed by atoms with van der Waals surface area (Å²) in [6.07, 6.45) is 3.14. The second-order valence-electron chi connectivity index (χ2n) is 6.39. The van der Waals surface area contributed by atoms with Gasteiger partial charge in [0.1, 0.15) is 22.8 Å². The zero-order valence-corrected chi connectivity index (χ0v) is 16.4. The Hall–Kier alpha value is -2.29. The average molecular weight is 403 g/mol. The van der Waals surface area contributed by atoms with E-state index < -0.39 is 0 Å². The van der Waals surface area contributed by atoms with E-state index in [4.69, 9.17) is 11.6 Å². The number of thiophene rings is 1. The van der Waals surface area contributed by atoms with Crippen molar-refractivity contribution < 1.29 is 4.79 Å². The van der Waals surface area contributed by atoms with Gasteiger partial charge in [0.2, 0.25) is 5.91 Å². The molecule has 1 amide bonds. The first-order valence-corrected chi connectivity index (χ1v) is 9.97. The predicted molar refractivity (Wildman–Crippen MR) is 109 cm³/mol. The van der Waals surface area contributed by atoms with Crippen molar-refractivity contribution in [2.45, 2.75) is 13.0 Å². The molecule has 1 unspecified atom stereocenters. The van der Waals surface area contributed by atoms with Crippen LogP contribution in [0.1, 0.15) is 6.92 Å². The summed E-state index contributed by atoms with van der Waals surface area (Å²) in [6, 6.07) is 5.24. The molecule has 1 aliphatic heterocycles. The SMILES string of the molecule is CC(C(=O)Nc1ccc(Cl)cn1)N1CCN(c2ncnc3sccc23)CC1. The van der Waals surface area contributed by atoms with Gasteiger partial charge in [-0.1, -0.05) is 11.6 Å². The van der Waals surface area contributed by atoms with Crippen molar-refractivity contribution in [3.05, 3.63) is 41.1 Å². The molecule has 1 atom stereocenters. The molecule has 0 aromatic carbocycles. The van der Waals surface area contributed by atoms with E-state index in [1.54, 1.807) is 29.8 Å². The largest absolute Gasteiger partial charge is 0.353 e. The molecule has 0 aliphatic carbocycles. The number of aromatic nitrogens is 3. The standard InChI is InChI=1S/C18H19ClN6OS/c1-12(17(26)23-15-3-2-13(19)10-20-15)24-5-7-25(8-6-24)16-14-4-9-27-18(14)22-11-21-16/h2-4,9-12H,5-8H2,1H3,(H,20,23,26). The van der Waals surface area contributed by atoms with Crippen LogP contribution in [0.15, 0.2) is 36.1 Å². The Labute approximate surface area is 166 Å². The summed E-state index contributed by atoms with van der Waals surface area (Å²) < 4.78 is 0. The van der Waals surface area contributed by atoms with Crippen LogP contribution in [0, 0.1) is 0 Å². The molecule has 0 radical (unpaired) electrons. The molecule has 9 heteroatoms. The number of amides is 1. The number of halogens is 1. The number of hydrogen-bond donors (Lipinski definition) is 1. The zero-order chi connectivity index (χ0) is 18.8. The number of piperazine rings is 1. The number of pyridine rings is 1. The third kappa shape index (κ3) is 3.87. The fourth-order valence-corrected chi connectivity index (χ4v) is 4.04. The summed E-state index contributed by atoms with van der Waals surface area (Å²) in [5.41, 5.74) is 0. The third-order valence-electron chi connectivity index (χ3n) is 4.76. The first-order chi connectivity index (χ1) is 13.1. The number of carbonyl (C=O) groups is 1. The molecule has 0 bridgehead atoms. The zero-order valence-electron chi connectivity index (χ0n) is 14.8. The Bertz CT molecular complexity index is 938. The monoisotopic (exact) mass is 402 g/mol. The number of fused-ring (bicyclic) bond motifs is 1. The van der Waals surface area contributed by atoms with Crippen LogP contribution in [0.4, 0.5) is 11.6 Å². The van der Waals surface area contributed by atoms with Crippen LogP contribution in [-0.4, -0.2) is 58.0 Å². The van der Waals surface area contributed by atoms with Gasteiger partial charge in [0, 0.05) is 32.4 Å². The molecule has 3 aromatic heterocycles. The van der Waals surface area contributed by atoms with E-state index in [2.05, 4.69) is 36.1 Å². The van der Waals surface area contributed by atoms with Gasteiger partial charge in [-0.15, -0.1) is 11.3 Å². The minimum Gasteiger partial charge on any atom is -0.353 e. The highest BCUT2D eigenvalue weighted by Crippen LogP contribution is 2.27. The van der Waals surface area contributed by atoms with E-state index in [0.717, 1.165) is 42.2 Å². The van der Waals surface area contributed by atoms with Gasteiger partial charge >= 0.3 is 0 Å². The Morgan fingerprint density at radius 2 is 2.00 bits per heavy atom. The fraction of sp³-hybridized carbons (Fsp3) is 0.333. The molecule has 1 saturated heterocycles. The first kappa shape index (κ1) is 18.1. The minimum atomic E-state index is -0.240. The Morgan fingerprint density at radius 3 is 2.74 bits per heavy atom. The van der Waals surface area contributed by atoms with Crippen LogP contribution in [0.25, 0.3) is 10.2 Å². The molecule has 7 nitrogen and oxygen atoms in total. The lowest BCUT2D eigenvalue weighted by atomic mass is 10.2. The topological polar surface area (TPSA) is 74.2 Å². The molecule has 0 spiro atoms. The molecular formula is C18H19ClN6OS. The number of nitrogens with zero attached hydrogens (tertiary/aromatic N) is 5. The van der Waals surface area contributed by atoms with Gasteiger partial charge in [0.05, 0.1) is 16.5 Å². The second-order valence-corrected chi connectivity index (χ2v) is 7.72. The number of carbonyl (C=O) groups excluding carboxylic acids is 1. The van der Waals surface area contributed by atoms with Crippen LogP contribution < -0.4 is 10.2 Å². The summed E-state index contributed by atoms with van der Waals surface area (Å²) >= 11 is 7.45. The van der Waals surface area contributed by atoms with Gasteiger partial charge in [0.25, 0.3) is 0 Å². The van der Waals surface area contributed by atoms with Gasteiger partial charge in [-0.25, -0.2) is 15.0 Å². The van der Waals surface area contributed by atoms with Gasteiger partial charge in [-0.2, -0.15) is 0 Å². The van der Waals surface area contributed by atoms with E-state index in [1.807, 2.05) is 12.3 Å². The number of nitrogens with one attached hydrogen (secondary N) is 1. The molecule has 4 heterocycles.